The van der Waals surface area contributed by atoms with Gasteiger partial charge >= 0.3 is 5.69 Å². The number of aromatic nitrogens is 3. The van der Waals surface area contributed by atoms with Crippen molar-refractivity contribution in [1.82, 2.24) is 14.8 Å². The molecule has 1 amide bonds. The Morgan fingerprint density at radius 3 is 2.56 bits per heavy atom. The molecule has 10 heteroatoms. The average molecular weight is 470 g/mol. The van der Waals surface area contributed by atoms with Crippen molar-refractivity contribution in [2.75, 3.05) is 11.4 Å². The van der Waals surface area contributed by atoms with Crippen LogP contribution < -0.4 is 4.90 Å². The maximum Gasteiger partial charge on any atom is 0.312 e. The zero-order valence-corrected chi connectivity index (χ0v) is 19.3. The molecule has 0 unspecified atom stereocenters. The van der Waals surface area contributed by atoms with Crippen LogP contribution in [0.25, 0.3) is 10.2 Å². The van der Waals surface area contributed by atoms with E-state index in [-0.39, 0.29) is 11.6 Å². The average Bonchev–Trinajstić information content (AvgIpc) is 3.28. The lowest BCUT2D eigenvalue weighted by Gasteiger charge is -2.17. The lowest BCUT2D eigenvalue weighted by Crippen LogP contribution is -2.30. The van der Waals surface area contributed by atoms with Crippen LogP contribution in [0.5, 0.6) is 0 Å². The third-order valence-corrected chi connectivity index (χ3v) is 6.48. The summed E-state index contributed by atoms with van der Waals surface area (Å²) in [4.78, 5) is 30.1. The highest BCUT2D eigenvalue weighted by Crippen LogP contribution is 2.31. The molecule has 8 nitrogen and oxygen atoms in total. The van der Waals surface area contributed by atoms with E-state index < -0.39 is 4.92 Å². The van der Waals surface area contributed by atoms with Crippen molar-refractivity contribution >= 4 is 49.9 Å². The van der Waals surface area contributed by atoms with Gasteiger partial charge in [0.15, 0.2) is 5.13 Å². The number of hydrogen-bond donors (Lipinski definition) is 0. The molecule has 0 N–H and O–H groups in total. The van der Waals surface area contributed by atoms with Gasteiger partial charge in [-0.1, -0.05) is 35.1 Å². The second kappa shape index (κ2) is 8.68. The number of nitro groups is 1. The van der Waals surface area contributed by atoms with Gasteiger partial charge in [0.2, 0.25) is 0 Å². The first kappa shape index (κ1) is 21.9. The number of halogens is 1. The van der Waals surface area contributed by atoms with E-state index in [1.165, 1.54) is 11.3 Å². The fraction of sp³-hybridized carbons (Fsp3) is 0.227. The molecular weight excluding hydrogens is 450 g/mol. The first-order valence-electron chi connectivity index (χ1n) is 9.93. The number of fused-ring (bicyclic) bond motifs is 1. The Kier molecular flexibility index (Phi) is 5.94. The second-order valence-electron chi connectivity index (χ2n) is 7.29. The zero-order chi connectivity index (χ0) is 23.0. The summed E-state index contributed by atoms with van der Waals surface area (Å²) >= 11 is 7.50. The largest absolute Gasteiger partial charge is 0.312 e. The molecule has 2 aromatic heterocycles. The summed E-state index contributed by atoms with van der Waals surface area (Å²) < 4.78 is 2.57. The topological polar surface area (TPSA) is 94.2 Å². The molecule has 164 valence electrons. The van der Waals surface area contributed by atoms with E-state index in [0.29, 0.717) is 40.2 Å². The molecule has 0 bridgehead atoms. The van der Waals surface area contributed by atoms with Crippen LogP contribution in [0.3, 0.4) is 0 Å². The van der Waals surface area contributed by atoms with Crippen LogP contribution in [0.15, 0.2) is 42.5 Å². The Hall–Kier alpha value is -3.30. The Labute approximate surface area is 193 Å². The van der Waals surface area contributed by atoms with Crippen LogP contribution in [0, 0.1) is 24.0 Å². The Balaban J connectivity index is 1.55. The molecule has 0 saturated carbocycles. The van der Waals surface area contributed by atoms with Crippen molar-refractivity contribution in [3.8, 4) is 0 Å². The fourth-order valence-electron chi connectivity index (χ4n) is 3.56. The molecule has 32 heavy (non-hydrogen) atoms. The summed E-state index contributed by atoms with van der Waals surface area (Å²) in [7, 11) is 0. The Morgan fingerprint density at radius 2 is 1.94 bits per heavy atom. The quantitative estimate of drug-likeness (QED) is 0.279. The number of amides is 1. The number of rotatable bonds is 6. The number of benzene rings is 2. The zero-order valence-electron chi connectivity index (χ0n) is 17.7. The molecular formula is C22H20ClN5O3S. The standard InChI is InChI=1S/C22H20ClN5O3S/c1-4-26(22-24-18-11-17(23)9-10-19(18)32-22)21(29)16-7-5-15(6-8-16)12-27-14(3)20(28(30)31)13(2)25-27/h5-11H,4,12H2,1-3H3. The number of carbonyl (C=O) groups excluding carboxylic acids is 1. The predicted molar refractivity (Wildman–Crippen MR) is 126 cm³/mol. The van der Waals surface area contributed by atoms with Crippen LogP contribution in [0.2, 0.25) is 5.02 Å². The minimum atomic E-state index is -0.411. The van der Waals surface area contributed by atoms with Gasteiger partial charge in [0.1, 0.15) is 11.4 Å². The Bertz CT molecular complexity index is 1330. The van der Waals surface area contributed by atoms with E-state index in [0.717, 1.165) is 15.8 Å². The molecule has 2 heterocycles. The summed E-state index contributed by atoms with van der Waals surface area (Å²) in [6.07, 6.45) is 0. The van der Waals surface area contributed by atoms with Gasteiger partial charge in [0.05, 0.1) is 21.7 Å². The highest BCUT2D eigenvalue weighted by atomic mass is 35.5. The van der Waals surface area contributed by atoms with E-state index in [1.54, 1.807) is 47.7 Å². The van der Waals surface area contributed by atoms with E-state index >= 15 is 0 Å². The third kappa shape index (κ3) is 4.09. The number of anilines is 1. The van der Waals surface area contributed by atoms with Gasteiger partial charge < -0.3 is 0 Å². The molecule has 0 saturated heterocycles. The first-order chi connectivity index (χ1) is 15.3. The SMILES string of the molecule is CCN(C(=O)c1ccc(Cn2nc(C)c([N+](=O)[O-])c2C)cc1)c1nc2cc(Cl)ccc2s1. The van der Waals surface area contributed by atoms with Gasteiger partial charge in [0.25, 0.3) is 5.91 Å². The second-order valence-corrected chi connectivity index (χ2v) is 8.73. The van der Waals surface area contributed by atoms with Crippen LogP contribution in [0.1, 0.15) is 34.2 Å². The number of carbonyl (C=O) groups is 1. The highest BCUT2D eigenvalue weighted by Gasteiger charge is 2.22. The van der Waals surface area contributed by atoms with Gasteiger partial charge in [-0.3, -0.25) is 24.5 Å². The summed E-state index contributed by atoms with van der Waals surface area (Å²) in [5, 5.41) is 16.7. The summed E-state index contributed by atoms with van der Waals surface area (Å²) in [6.45, 7) is 6.06. The van der Waals surface area contributed by atoms with Crippen molar-refractivity contribution < 1.29 is 9.72 Å². The van der Waals surface area contributed by atoms with E-state index in [2.05, 4.69) is 10.1 Å². The van der Waals surface area contributed by atoms with Crippen molar-refractivity contribution in [3.05, 3.63) is 80.1 Å². The van der Waals surface area contributed by atoms with Gasteiger partial charge in [-0.25, -0.2) is 4.98 Å². The smallest absolute Gasteiger partial charge is 0.284 e. The molecule has 4 aromatic rings. The summed E-state index contributed by atoms with van der Waals surface area (Å²) in [5.74, 6) is -0.147. The summed E-state index contributed by atoms with van der Waals surface area (Å²) in [5.41, 5.74) is 3.10. The number of thiazole rings is 1. The Morgan fingerprint density at radius 1 is 1.22 bits per heavy atom. The number of nitrogens with zero attached hydrogens (tertiary/aromatic N) is 5. The summed E-state index contributed by atoms with van der Waals surface area (Å²) in [6, 6.07) is 12.7. The van der Waals surface area contributed by atoms with E-state index in [1.807, 2.05) is 25.1 Å². The molecule has 0 fully saturated rings. The lowest BCUT2D eigenvalue weighted by molar-refractivity contribution is -0.386. The third-order valence-electron chi connectivity index (χ3n) is 5.19. The van der Waals surface area contributed by atoms with E-state index in [9.17, 15) is 14.9 Å². The van der Waals surface area contributed by atoms with Crippen molar-refractivity contribution in [3.63, 3.8) is 0 Å². The minimum Gasteiger partial charge on any atom is -0.284 e. The van der Waals surface area contributed by atoms with Gasteiger partial charge in [-0.15, -0.1) is 0 Å². The van der Waals surface area contributed by atoms with E-state index in [4.69, 9.17) is 11.6 Å². The van der Waals surface area contributed by atoms with Gasteiger partial charge in [-0.2, -0.15) is 5.10 Å². The number of aryl methyl sites for hydroxylation is 1. The van der Waals surface area contributed by atoms with Crippen LogP contribution >= 0.6 is 22.9 Å². The molecule has 0 aliphatic heterocycles. The molecule has 0 aliphatic rings. The highest BCUT2D eigenvalue weighted by molar-refractivity contribution is 7.22. The normalized spacial score (nSPS) is 11.1. The van der Waals surface area contributed by atoms with Crippen LogP contribution in [-0.4, -0.2) is 32.1 Å². The van der Waals surface area contributed by atoms with Gasteiger partial charge in [0, 0.05) is 17.1 Å². The van der Waals surface area contributed by atoms with Crippen molar-refractivity contribution in [2.24, 2.45) is 0 Å². The molecule has 0 spiro atoms. The minimum absolute atomic E-state index is 0.0347. The monoisotopic (exact) mass is 469 g/mol. The maximum absolute atomic E-state index is 13.1. The lowest BCUT2D eigenvalue weighted by atomic mass is 10.1. The predicted octanol–water partition coefficient (Wildman–Crippen LogP) is 5.39. The fourth-order valence-corrected chi connectivity index (χ4v) is 4.73. The maximum atomic E-state index is 13.1. The number of hydrogen-bond acceptors (Lipinski definition) is 6. The van der Waals surface area contributed by atoms with Crippen molar-refractivity contribution in [1.29, 1.82) is 0 Å². The van der Waals surface area contributed by atoms with Crippen LogP contribution in [0.4, 0.5) is 10.8 Å². The molecule has 0 radical (unpaired) electrons. The first-order valence-corrected chi connectivity index (χ1v) is 11.1. The van der Waals surface area contributed by atoms with Gasteiger partial charge in [-0.05, 0) is 56.7 Å². The van der Waals surface area contributed by atoms with Crippen LogP contribution in [-0.2, 0) is 6.54 Å². The van der Waals surface area contributed by atoms with Crippen molar-refractivity contribution in [2.45, 2.75) is 27.3 Å². The molecule has 4 rings (SSSR count). The molecule has 0 aliphatic carbocycles. The molecule has 2 aromatic carbocycles. The molecule has 0 atom stereocenters.